The molecule has 0 N–H and O–H groups in total. The quantitative estimate of drug-likeness (QED) is 0.269. The molecule has 0 radical (unpaired) electrons. The molecule has 0 amide bonds. The third-order valence-electron chi connectivity index (χ3n) is 7.47. The van der Waals surface area contributed by atoms with Crippen LogP contribution in [0.2, 0.25) is 0 Å². The molecule has 3 heterocycles. The summed E-state index contributed by atoms with van der Waals surface area (Å²) in [5.74, 6) is 0.970. The van der Waals surface area contributed by atoms with E-state index in [1.54, 1.807) is 0 Å². The standard InChI is InChI=1S/C32H30N4/c1-21-17-23(28-20-22-11-6-7-13-26(22)35(28)4)19-24(18-21)31-34-30-25(12-10-14-27(30)36(31)5)32(2,3)29-15-8-9-16-33-29/h6-20H,1-5H3. The molecule has 6 aromatic rings. The number of imidazole rings is 1. The van der Waals surface area contributed by atoms with Crippen LogP contribution in [0.25, 0.3) is 44.6 Å². The smallest absolute Gasteiger partial charge is 0.140 e. The maximum Gasteiger partial charge on any atom is 0.140 e. The van der Waals surface area contributed by atoms with Crippen molar-refractivity contribution in [1.29, 1.82) is 0 Å². The Labute approximate surface area is 211 Å². The van der Waals surface area contributed by atoms with E-state index in [4.69, 9.17) is 4.98 Å². The summed E-state index contributed by atoms with van der Waals surface area (Å²) in [5.41, 5.74) is 10.1. The fourth-order valence-electron chi connectivity index (χ4n) is 5.47. The van der Waals surface area contributed by atoms with Gasteiger partial charge in [0, 0.05) is 47.9 Å². The summed E-state index contributed by atoms with van der Waals surface area (Å²) in [6.45, 7) is 6.61. The van der Waals surface area contributed by atoms with Crippen molar-refractivity contribution in [3.63, 3.8) is 0 Å². The van der Waals surface area contributed by atoms with E-state index < -0.39 is 0 Å². The van der Waals surface area contributed by atoms with Crippen LogP contribution in [0.15, 0.2) is 91.1 Å². The van der Waals surface area contributed by atoms with Crippen LogP contribution in [0.1, 0.15) is 30.7 Å². The van der Waals surface area contributed by atoms with Crippen LogP contribution in [0.5, 0.6) is 0 Å². The van der Waals surface area contributed by atoms with Crippen molar-refractivity contribution >= 4 is 21.9 Å². The molecule has 0 aliphatic carbocycles. The molecule has 0 saturated carbocycles. The lowest BCUT2D eigenvalue weighted by Crippen LogP contribution is -2.20. The maximum absolute atomic E-state index is 5.24. The first-order valence-corrected chi connectivity index (χ1v) is 12.4. The molecule has 0 unspecified atom stereocenters. The Morgan fingerprint density at radius 2 is 1.47 bits per heavy atom. The largest absolute Gasteiger partial charge is 0.344 e. The van der Waals surface area contributed by atoms with Gasteiger partial charge in [-0.25, -0.2) is 4.98 Å². The zero-order valence-corrected chi connectivity index (χ0v) is 21.4. The van der Waals surface area contributed by atoms with Crippen LogP contribution in [-0.2, 0) is 19.5 Å². The lowest BCUT2D eigenvalue weighted by Gasteiger charge is -2.25. The SMILES string of the molecule is Cc1cc(-c2cc3ccccc3n2C)cc(-c2nc3c(C(C)(C)c4ccccn4)cccc3n2C)c1. The third-order valence-corrected chi connectivity index (χ3v) is 7.47. The number of fused-ring (bicyclic) bond motifs is 2. The van der Waals surface area contributed by atoms with Gasteiger partial charge in [0.1, 0.15) is 5.82 Å². The minimum Gasteiger partial charge on any atom is -0.344 e. The molecule has 6 rings (SSSR count). The van der Waals surface area contributed by atoms with Crippen LogP contribution in [-0.4, -0.2) is 19.1 Å². The molecule has 3 aromatic heterocycles. The minimum atomic E-state index is -0.271. The second-order valence-corrected chi connectivity index (χ2v) is 10.2. The lowest BCUT2D eigenvalue weighted by molar-refractivity contribution is 0.621. The molecule has 0 atom stereocenters. The van der Waals surface area contributed by atoms with Crippen molar-refractivity contribution in [3.05, 3.63) is 108 Å². The highest BCUT2D eigenvalue weighted by Gasteiger charge is 2.28. The second kappa shape index (κ2) is 8.20. The fourth-order valence-corrected chi connectivity index (χ4v) is 5.47. The molecule has 4 heteroatoms. The van der Waals surface area contributed by atoms with Gasteiger partial charge in [-0.1, -0.05) is 50.2 Å². The van der Waals surface area contributed by atoms with Gasteiger partial charge >= 0.3 is 0 Å². The van der Waals surface area contributed by atoms with Crippen molar-refractivity contribution < 1.29 is 0 Å². The average molecular weight is 471 g/mol. The number of hydrogen-bond acceptors (Lipinski definition) is 2. The van der Waals surface area contributed by atoms with Crippen LogP contribution >= 0.6 is 0 Å². The normalized spacial score (nSPS) is 12.0. The van der Waals surface area contributed by atoms with Crippen LogP contribution in [0, 0.1) is 6.92 Å². The number of para-hydroxylation sites is 2. The second-order valence-electron chi connectivity index (χ2n) is 10.2. The summed E-state index contributed by atoms with van der Waals surface area (Å²) in [4.78, 5) is 9.91. The van der Waals surface area contributed by atoms with Gasteiger partial charge < -0.3 is 9.13 Å². The topological polar surface area (TPSA) is 35.6 Å². The zero-order valence-electron chi connectivity index (χ0n) is 21.4. The van der Waals surface area contributed by atoms with Gasteiger partial charge in [0.05, 0.1) is 16.7 Å². The first-order chi connectivity index (χ1) is 17.3. The third kappa shape index (κ3) is 3.44. The summed E-state index contributed by atoms with van der Waals surface area (Å²) in [6, 6.07) is 30.2. The molecule has 4 nitrogen and oxygen atoms in total. The summed E-state index contributed by atoms with van der Waals surface area (Å²) in [7, 11) is 4.25. The number of nitrogens with zero attached hydrogens (tertiary/aromatic N) is 4. The predicted octanol–water partition coefficient (Wildman–Crippen LogP) is 7.43. The first-order valence-electron chi connectivity index (χ1n) is 12.4. The number of pyridine rings is 1. The Kier molecular flexibility index (Phi) is 5.08. The monoisotopic (exact) mass is 470 g/mol. The van der Waals surface area contributed by atoms with Gasteiger partial charge in [-0.05, 0) is 72.1 Å². The van der Waals surface area contributed by atoms with E-state index in [0.29, 0.717) is 0 Å². The van der Waals surface area contributed by atoms with Gasteiger partial charge in [-0.2, -0.15) is 0 Å². The van der Waals surface area contributed by atoms with E-state index in [-0.39, 0.29) is 5.41 Å². The highest BCUT2D eigenvalue weighted by atomic mass is 15.1. The van der Waals surface area contributed by atoms with E-state index in [1.165, 1.54) is 33.3 Å². The van der Waals surface area contributed by atoms with E-state index >= 15 is 0 Å². The van der Waals surface area contributed by atoms with Crippen molar-refractivity contribution in [1.82, 2.24) is 19.1 Å². The first kappa shape index (κ1) is 22.3. The molecule has 0 fully saturated rings. The van der Waals surface area contributed by atoms with E-state index in [0.717, 1.165) is 28.1 Å². The van der Waals surface area contributed by atoms with E-state index in [2.05, 4.69) is 128 Å². The molecular formula is C32H30N4. The maximum atomic E-state index is 5.24. The molecular weight excluding hydrogens is 440 g/mol. The summed E-state index contributed by atoms with van der Waals surface area (Å²) in [6.07, 6.45) is 1.86. The molecule has 0 saturated heterocycles. The molecule has 0 spiro atoms. The van der Waals surface area contributed by atoms with E-state index in [1.807, 2.05) is 12.3 Å². The number of rotatable bonds is 4. The molecule has 3 aromatic carbocycles. The summed E-state index contributed by atoms with van der Waals surface area (Å²) in [5, 5.41) is 1.25. The average Bonchev–Trinajstić information content (AvgIpc) is 3.41. The van der Waals surface area contributed by atoms with Crippen LogP contribution in [0.3, 0.4) is 0 Å². The molecule has 0 aliphatic rings. The van der Waals surface area contributed by atoms with Crippen molar-refractivity contribution in [2.24, 2.45) is 14.1 Å². The number of benzene rings is 3. The van der Waals surface area contributed by atoms with Crippen LogP contribution < -0.4 is 0 Å². The van der Waals surface area contributed by atoms with Crippen LogP contribution in [0.4, 0.5) is 0 Å². The van der Waals surface area contributed by atoms with E-state index in [9.17, 15) is 0 Å². The number of hydrogen-bond donors (Lipinski definition) is 0. The minimum absolute atomic E-state index is 0.271. The summed E-state index contributed by atoms with van der Waals surface area (Å²) >= 11 is 0. The van der Waals surface area contributed by atoms with Crippen molar-refractivity contribution in [2.75, 3.05) is 0 Å². The van der Waals surface area contributed by atoms with Crippen molar-refractivity contribution in [3.8, 4) is 22.6 Å². The van der Waals surface area contributed by atoms with Gasteiger partial charge in [0.15, 0.2) is 0 Å². The highest BCUT2D eigenvalue weighted by molar-refractivity contribution is 5.89. The Balaban J connectivity index is 1.52. The van der Waals surface area contributed by atoms with Crippen molar-refractivity contribution in [2.45, 2.75) is 26.2 Å². The molecule has 0 bridgehead atoms. The molecule has 36 heavy (non-hydrogen) atoms. The van der Waals surface area contributed by atoms with Gasteiger partial charge in [-0.15, -0.1) is 0 Å². The predicted molar refractivity (Wildman–Crippen MR) is 149 cm³/mol. The number of aryl methyl sites for hydroxylation is 3. The Hall–Kier alpha value is -4.18. The Morgan fingerprint density at radius 3 is 2.25 bits per heavy atom. The molecule has 0 aliphatic heterocycles. The molecule has 178 valence electrons. The Bertz CT molecular complexity index is 1740. The number of aromatic nitrogens is 4. The highest BCUT2D eigenvalue weighted by Crippen LogP contribution is 2.37. The Morgan fingerprint density at radius 1 is 0.722 bits per heavy atom. The zero-order chi connectivity index (χ0) is 25.0. The summed E-state index contributed by atoms with van der Waals surface area (Å²) < 4.78 is 4.49. The lowest BCUT2D eigenvalue weighted by atomic mass is 9.80. The van der Waals surface area contributed by atoms with Gasteiger partial charge in [0.25, 0.3) is 0 Å². The van der Waals surface area contributed by atoms with Gasteiger partial charge in [0.2, 0.25) is 0 Å². The fraction of sp³-hybridized carbons (Fsp3) is 0.188. The van der Waals surface area contributed by atoms with Gasteiger partial charge in [-0.3, -0.25) is 4.98 Å².